The van der Waals surface area contributed by atoms with Crippen molar-refractivity contribution in [1.82, 2.24) is 20.3 Å². The maximum Gasteiger partial charge on any atom is 0.272 e. The van der Waals surface area contributed by atoms with Crippen LogP contribution in [0.2, 0.25) is 0 Å². The molecule has 3 aromatic rings. The number of tetrazole rings is 1. The number of carbonyl (C=O) groups excluding carboxylic acids is 1. The lowest BCUT2D eigenvalue weighted by Gasteiger charge is -2.02. The average molecular weight is 328 g/mol. The second-order valence-electron chi connectivity index (χ2n) is 4.62. The minimum absolute atomic E-state index is 0.0584. The van der Waals surface area contributed by atoms with Crippen LogP contribution in [-0.2, 0) is 0 Å². The van der Waals surface area contributed by atoms with Crippen molar-refractivity contribution >= 4 is 18.1 Å². The van der Waals surface area contributed by atoms with E-state index in [9.17, 15) is 13.6 Å². The minimum atomic E-state index is -0.535. The van der Waals surface area contributed by atoms with Gasteiger partial charge in [-0.3, -0.25) is 10.1 Å². The predicted molar refractivity (Wildman–Crippen MR) is 81.6 cm³/mol. The van der Waals surface area contributed by atoms with Gasteiger partial charge in [-0.05, 0) is 40.8 Å². The molecule has 120 valence electrons. The molecule has 2 aromatic carbocycles. The zero-order valence-corrected chi connectivity index (χ0v) is 12.1. The van der Waals surface area contributed by atoms with Gasteiger partial charge in [0.2, 0.25) is 0 Å². The summed E-state index contributed by atoms with van der Waals surface area (Å²) in [5, 5.41) is 16.9. The van der Waals surface area contributed by atoms with Gasteiger partial charge in [-0.1, -0.05) is 28.1 Å². The van der Waals surface area contributed by atoms with Gasteiger partial charge in [-0.2, -0.15) is 5.10 Å². The summed E-state index contributed by atoms with van der Waals surface area (Å²) in [6.07, 6.45) is 1.22. The molecule has 0 fully saturated rings. The Balaban J connectivity index is 1.77. The van der Waals surface area contributed by atoms with Crippen LogP contribution in [0, 0.1) is 11.6 Å². The number of halogens is 2. The largest absolute Gasteiger partial charge is 0.288 e. The molecule has 0 aliphatic carbocycles. The van der Waals surface area contributed by atoms with Gasteiger partial charge < -0.3 is 0 Å². The topological polar surface area (TPSA) is 85.1 Å². The number of rotatable bonds is 4. The van der Waals surface area contributed by atoms with E-state index in [0.717, 1.165) is 16.9 Å². The molecule has 1 amide bonds. The normalized spacial score (nSPS) is 10.9. The van der Waals surface area contributed by atoms with E-state index in [-0.39, 0.29) is 17.1 Å². The highest BCUT2D eigenvalue weighted by Crippen LogP contribution is 2.08. The van der Waals surface area contributed by atoms with Crippen molar-refractivity contribution in [3.8, 4) is 0 Å². The van der Waals surface area contributed by atoms with E-state index in [1.807, 2.05) is 0 Å². The molecule has 0 unspecified atom stereocenters. The third kappa shape index (κ3) is 3.46. The monoisotopic (exact) mass is 328 g/mol. The number of nitrogens with one attached hydrogen (secondary N) is 1. The molecule has 1 heterocycles. The number of nitrogens with zero attached hydrogens (tertiary/aromatic N) is 5. The van der Waals surface area contributed by atoms with Crippen molar-refractivity contribution in [2.24, 2.45) is 5.10 Å². The van der Waals surface area contributed by atoms with Crippen molar-refractivity contribution < 1.29 is 13.6 Å². The number of carbonyl (C=O) groups is 1. The maximum absolute atomic E-state index is 13.5. The molecule has 0 aliphatic heterocycles. The summed E-state index contributed by atoms with van der Waals surface area (Å²) >= 11 is 0. The van der Waals surface area contributed by atoms with Crippen LogP contribution in [0.4, 0.5) is 14.7 Å². The van der Waals surface area contributed by atoms with E-state index in [2.05, 4.69) is 25.9 Å². The summed E-state index contributed by atoms with van der Waals surface area (Å²) in [5.41, 5.74) is 0.466. The van der Waals surface area contributed by atoms with Crippen LogP contribution in [0.3, 0.4) is 0 Å². The lowest BCUT2D eigenvalue weighted by atomic mass is 10.2. The standard InChI is InChI=1S/C15H10F2N6O/c16-12-7-5-10(6-8-12)14(24)19-15-20-21-22-23(15)18-9-11-3-1-2-4-13(11)17/h1-9H,(H,19,20,22,24)/b18-9-. The fourth-order valence-corrected chi connectivity index (χ4v) is 1.81. The van der Waals surface area contributed by atoms with E-state index in [0.29, 0.717) is 0 Å². The van der Waals surface area contributed by atoms with Crippen LogP contribution in [0.15, 0.2) is 53.6 Å². The van der Waals surface area contributed by atoms with Crippen molar-refractivity contribution in [3.63, 3.8) is 0 Å². The number of hydrogen-bond donors (Lipinski definition) is 1. The summed E-state index contributed by atoms with van der Waals surface area (Å²) in [5.74, 6) is -1.50. The highest BCUT2D eigenvalue weighted by molar-refractivity contribution is 6.03. The molecule has 0 aliphatic rings. The van der Waals surface area contributed by atoms with Gasteiger partial charge in [-0.15, -0.1) is 0 Å². The summed E-state index contributed by atoms with van der Waals surface area (Å²) < 4.78 is 26.4. The third-order valence-corrected chi connectivity index (χ3v) is 3.00. The van der Waals surface area contributed by atoms with E-state index >= 15 is 0 Å². The van der Waals surface area contributed by atoms with E-state index in [1.165, 1.54) is 30.5 Å². The van der Waals surface area contributed by atoms with Crippen LogP contribution < -0.4 is 5.32 Å². The fraction of sp³-hybridized carbons (Fsp3) is 0. The van der Waals surface area contributed by atoms with Gasteiger partial charge in [-0.25, -0.2) is 8.78 Å². The van der Waals surface area contributed by atoms with Gasteiger partial charge in [0.1, 0.15) is 11.6 Å². The molecular weight excluding hydrogens is 318 g/mol. The Morgan fingerprint density at radius 3 is 2.62 bits per heavy atom. The smallest absolute Gasteiger partial charge is 0.272 e. The number of amides is 1. The first-order valence-corrected chi connectivity index (χ1v) is 6.77. The molecule has 0 saturated carbocycles. The molecule has 1 aromatic heterocycles. The fourth-order valence-electron chi connectivity index (χ4n) is 1.81. The molecule has 0 spiro atoms. The molecule has 1 N–H and O–H groups in total. The summed E-state index contributed by atoms with van der Waals surface area (Å²) in [6, 6.07) is 11.0. The molecule has 0 radical (unpaired) electrons. The molecular formula is C15H10F2N6O. The summed E-state index contributed by atoms with van der Waals surface area (Å²) in [7, 11) is 0. The first-order chi connectivity index (χ1) is 11.6. The first kappa shape index (κ1) is 15.4. The molecule has 9 heteroatoms. The van der Waals surface area contributed by atoms with Gasteiger partial charge in [0.25, 0.3) is 11.9 Å². The van der Waals surface area contributed by atoms with Gasteiger partial charge in [0.05, 0.1) is 6.21 Å². The van der Waals surface area contributed by atoms with E-state index < -0.39 is 17.5 Å². The second kappa shape index (κ2) is 6.73. The minimum Gasteiger partial charge on any atom is -0.288 e. The van der Waals surface area contributed by atoms with E-state index in [1.54, 1.807) is 12.1 Å². The number of aromatic nitrogens is 4. The Bertz CT molecular complexity index is 891. The third-order valence-electron chi connectivity index (χ3n) is 3.00. The molecule has 3 rings (SSSR count). The van der Waals surface area contributed by atoms with Crippen LogP contribution >= 0.6 is 0 Å². The zero-order valence-electron chi connectivity index (χ0n) is 12.1. The van der Waals surface area contributed by atoms with Gasteiger partial charge in [0.15, 0.2) is 0 Å². The Hall–Kier alpha value is -3.49. The lowest BCUT2D eigenvalue weighted by Crippen LogP contribution is -2.15. The summed E-state index contributed by atoms with van der Waals surface area (Å²) in [6.45, 7) is 0. The van der Waals surface area contributed by atoms with Crippen LogP contribution in [-0.4, -0.2) is 32.4 Å². The maximum atomic E-state index is 13.5. The lowest BCUT2D eigenvalue weighted by molar-refractivity contribution is 0.102. The van der Waals surface area contributed by atoms with Crippen molar-refractivity contribution in [2.45, 2.75) is 0 Å². The Morgan fingerprint density at radius 1 is 1.12 bits per heavy atom. The highest BCUT2D eigenvalue weighted by Gasteiger charge is 2.11. The van der Waals surface area contributed by atoms with Crippen molar-refractivity contribution in [1.29, 1.82) is 0 Å². The van der Waals surface area contributed by atoms with Gasteiger partial charge >= 0.3 is 0 Å². The SMILES string of the molecule is O=C(Nc1nnnn1/N=C\c1ccccc1F)c1ccc(F)cc1. The first-order valence-electron chi connectivity index (χ1n) is 6.77. The van der Waals surface area contributed by atoms with Gasteiger partial charge in [0, 0.05) is 11.1 Å². The quantitative estimate of drug-likeness (QED) is 0.743. The van der Waals surface area contributed by atoms with Crippen molar-refractivity contribution in [3.05, 3.63) is 71.3 Å². The average Bonchev–Trinajstić information content (AvgIpc) is 3.02. The Morgan fingerprint density at radius 2 is 1.88 bits per heavy atom. The van der Waals surface area contributed by atoms with Crippen molar-refractivity contribution in [2.75, 3.05) is 5.32 Å². The Labute approximate surface area is 134 Å². The highest BCUT2D eigenvalue weighted by atomic mass is 19.1. The molecule has 0 bridgehead atoms. The molecule has 0 atom stereocenters. The number of benzene rings is 2. The van der Waals surface area contributed by atoms with Crippen LogP contribution in [0.25, 0.3) is 0 Å². The zero-order chi connectivity index (χ0) is 16.9. The number of anilines is 1. The molecule has 24 heavy (non-hydrogen) atoms. The predicted octanol–water partition coefficient (Wildman–Crippen LogP) is 2.09. The molecule has 7 nitrogen and oxygen atoms in total. The second-order valence-corrected chi connectivity index (χ2v) is 4.62. The Kier molecular flexibility index (Phi) is 4.32. The summed E-state index contributed by atoms with van der Waals surface area (Å²) in [4.78, 5) is 13.0. The molecule has 0 saturated heterocycles. The van der Waals surface area contributed by atoms with E-state index in [4.69, 9.17) is 0 Å². The number of hydrogen-bond acceptors (Lipinski definition) is 5. The van der Waals surface area contributed by atoms with Crippen LogP contribution in [0.5, 0.6) is 0 Å². The van der Waals surface area contributed by atoms with Crippen LogP contribution in [0.1, 0.15) is 15.9 Å².